The molecule has 0 unspecified atom stereocenters. The molecule has 0 amide bonds. The third kappa shape index (κ3) is 3.90. The zero-order valence-corrected chi connectivity index (χ0v) is 12.7. The number of esters is 3. The Morgan fingerprint density at radius 3 is 2.05 bits per heavy atom. The minimum Gasteiger partial charge on any atom is -0.467 e. The Balaban J connectivity index is 2.99. The standard InChI is InChI=1S/C11H15BrO8/c1-4(13)18-7-6(15)8(11(16)17-3)20-10(12)9(7)19-5(2)14/h6-10,15H,1-3H3/t6-,7-,8-,9+,10-/m0/s1. The van der Waals surface area contributed by atoms with E-state index in [-0.39, 0.29) is 0 Å². The van der Waals surface area contributed by atoms with E-state index < -0.39 is 47.3 Å². The van der Waals surface area contributed by atoms with Gasteiger partial charge < -0.3 is 24.1 Å². The number of hydrogen-bond acceptors (Lipinski definition) is 8. The van der Waals surface area contributed by atoms with Gasteiger partial charge in [0.1, 0.15) is 6.10 Å². The number of ether oxygens (including phenoxy) is 4. The van der Waals surface area contributed by atoms with Gasteiger partial charge in [0.15, 0.2) is 23.3 Å². The molecule has 0 aromatic carbocycles. The SMILES string of the molecule is COC(=O)[C@H]1O[C@H](Br)[C@H](OC(C)=O)[C@@H](OC(C)=O)[C@@H]1O. The molecular weight excluding hydrogens is 340 g/mol. The highest BCUT2D eigenvalue weighted by atomic mass is 79.9. The fourth-order valence-electron chi connectivity index (χ4n) is 1.77. The first-order chi connectivity index (χ1) is 9.27. The Hall–Kier alpha value is -1.19. The van der Waals surface area contributed by atoms with E-state index >= 15 is 0 Å². The Labute approximate surface area is 123 Å². The van der Waals surface area contributed by atoms with Gasteiger partial charge in [-0.3, -0.25) is 9.59 Å². The van der Waals surface area contributed by atoms with Crippen LogP contribution in [0.15, 0.2) is 0 Å². The number of rotatable bonds is 3. The second kappa shape index (κ2) is 7.00. The summed E-state index contributed by atoms with van der Waals surface area (Å²) in [5.74, 6) is -2.18. The number of carbonyl (C=O) groups is 3. The Morgan fingerprint density at radius 2 is 1.60 bits per heavy atom. The molecule has 0 radical (unpaired) electrons. The van der Waals surface area contributed by atoms with Gasteiger partial charge in [-0.15, -0.1) is 0 Å². The Kier molecular flexibility index (Phi) is 5.90. The first kappa shape index (κ1) is 16.9. The van der Waals surface area contributed by atoms with Crippen molar-refractivity contribution in [2.45, 2.75) is 43.3 Å². The van der Waals surface area contributed by atoms with Crippen molar-refractivity contribution < 1.29 is 38.4 Å². The predicted molar refractivity (Wildman–Crippen MR) is 66.7 cm³/mol. The molecule has 8 nitrogen and oxygen atoms in total. The van der Waals surface area contributed by atoms with Gasteiger partial charge in [-0.2, -0.15) is 0 Å². The van der Waals surface area contributed by atoms with Crippen LogP contribution in [0.25, 0.3) is 0 Å². The van der Waals surface area contributed by atoms with Crippen LogP contribution >= 0.6 is 15.9 Å². The van der Waals surface area contributed by atoms with E-state index in [1.54, 1.807) is 0 Å². The van der Waals surface area contributed by atoms with E-state index in [4.69, 9.17) is 14.2 Å². The number of aliphatic hydroxyl groups excluding tert-OH is 1. The number of halogens is 1. The lowest BCUT2D eigenvalue weighted by Gasteiger charge is -2.40. The van der Waals surface area contributed by atoms with Gasteiger partial charge in [0, 0.05) is 13.8 Å². The molecule has 1 saturated heterocycles. The maximum Gasteiger partial charge on any atom is 0.337 e. The second-order valence-corrected chi connectivity index (χ2v) is 4.97. The summed E-state index contributed by atoms with van der Waals surface area (Å²) in [6.07, 6.45) is -5.23. The normalized spacial score (nSPS) is 33.1. The zero-order chi connectivity index (χ0) is 15.4. The number of aliphatic hydroxyl groups is 1. The monoisotopic (exact) mass is 354 g/mol. The summed E-state index contributed by atoms with van der Waals surface area (Å²) in [4.78, 5) is 33.7. The molecule has 5 atom stereocenters. The third-order valence-corrected chi connectivity index (χ3v) is 3.28. The molecule has 1 aliphatic rings. The molecule has 0 saturated carbocycles. The molecule has 0 aromatic rings. The van der Waals surface area contributed by atoms with Crippen LogP contribution in [0, 0.1) is 0 Å². The molecule has 1 aliphatic heterocycles. The van der Waals surface area contributed by atoms with Crippen molar-refractivity contribution in [1.82, 2.24) is 0 Å². The number of alkyl halides is 1. The van der Waals surface area contributed by atoms with Crippen molar-refractivity contribution in [2.75, 3.05) is 7.11 Å². The molecule has 1 fully saturated rings. The van der Waals surface area contributed by atoms with Crippen molar-refractivity contribution in [3.05, 3.63) is 0 Å². The first-order valence-electron chi connectivity index (χ1n) is 5.67. The van der Waals surface area contributed by atoms with Crippen LogP contribution in [-0.2, 0) is 33.3 Å². The summed E-state index contributed by atoms with van der Waals surface area (Å²) in [6, 6.07) is 0. The van der Waals surface area contributed by atoms with Crippen molar-refractivity contribution >= 4 is 33.8 Å². The highest BCUT2D eigenvalue weighted by Gasteiger charge is 2.51. The molecule has 0 aliphatic carbocycles. The lowest BCUT2D eigenvalue weighted by molar-refractivity contribution is -0.227. The van der Waals surface area contributed by atoms with E-state index in [0.29, 0.717) is 0 Å². The molecule has 0 aromatic heterocycles. The van der Waals surface area contributed by atoms with Crippen molar-refractivity contribution in [2.24, 2.45) is 0 Å². The number of methoxy groups -OCH3 is 1. The van der Waals surface area contributed by atoms with Gasteiger partial charge in [-0.25, -0.2) is 4.79 Å². The highest BCUT2D eigenvalue weighted by molar-refractivity contribution is 9.09. The summed E-state index contributed by atoms with van der Waals surface area (Å²) in [7, 11) is 1.13. The predicted octanol–water partition coefficient (Wildman–Crippen LogP) is -0.497. The summed E-state index contributed by atoms with van der Waals surface area (Å²) >= 11 is 3.07. The summed E-state index contributed by atoms with van der Waals surface area (Å²) in [5.41, 5.74) is 0. The van der Waals surface area contributed by atoms with Gasteiger partial charge in [-0.1, -0.05) is 15.9 Å². The van der Waals surface area contributed by atoms with Crippen LogP contribution in [-0.4, -0.2) is 59.6 Å². The highest BCUT2D eigenvalue weighted by Crippen LogP contribution is 2.29. The maximum absolute atomic E-state index is 11.5. The quantitative estimate of drug-likeness (QED) is 0.410. The van der Waals surface area contributed by atoms with Crippen LogP contribution in [0.2, 0.25) is 0 Å². The largest absolute Gasteiger partial charge is 0.467 e. The molecule has 1 heterocycles. The second-order valence-electron chi connectivity index (χ2n) is 4.07. The van der Waals surface area contributed by atoms with E-state index in [1.165, 1.54) is 0 Å². The van der Waals surface area contributed by atoms with Crippen molar-refractivity contribution in [3.8, 4) is 0 Å². The van der Waals surface area contributed by atoms with Crippen molar-refractivity contribution in [1.29, 1.82) is 0 Å². The summed E-state index contributed by atoms with van der Waals surface area (Å²) < 4.78 is 19.6. The number of carbonyl (C=O) groups excluding carboxylic acids is 3. The van der Waals surface area contributed by atoms with Crippen LogP contribution < -0.4 is 0 Å². The van der Waals surface area contributed by atoms with Crippen LogP contribution in [0.1, 0.15) is 13.8 Å². The van der Waals surface area contributed by atoms with Crippen LogP contribution in [0.4, 0.5) is 0 Å². The molecule has 0 spiro atoms. The number of hydrogen-bond donors (Lipinski definition) is 1. The molecule has 1 rings (SSSR count). The fourth-order valence-corrected chi connectivity index (χ4v) is 2.41. The van der Waals surface area contributed by atoms with E-state index in [1.807, 2.05) is 0 Å². The van der Waals surface area contributed by atoms with Crippen molar-refractivity contribution in [3.63, 3.8) is 0 Å². The van der Waals surface area contributed by atoms with Gasteiger partial charge in [0.2, 0.25) is 0 Å². The van der Waals surface area contributed by atoms with Gasteiger partial charge in [0.25, 0.3) is 0 Å². The minimum absolute atomic E-state index is 0.649. The minimum atomic E-state index is -1.52. The lowest BCUT2D eigenvalue weighted by Crippen LogP contribution is -2.60. The maximum atomic E-state index is 11.5. The van der Waals surface area contributed by atoms with E-state index in [9.17, 15) is 19.5 Å². The average Bonchev–Trinajstić information content (AvgIpc) is 2.36. The molecule has 20 heavy (non-hydrogen) atoms. The van der Waals surface area contributed by atoms with Crippen LogP contribution in [0.5, 0.6) is 0 Å². The third-order valence-electron chi connectivity index (χ3n) is 2.54. The summed E-state index contributed by atoms with van der Waals surface area (Å²) in [5, 5.41) is 9.12. The molecule has 114 valence electrons. The first-order valence-corrected chi connectivity index (χ1v) is 6.59. The Morgan fingerprint density at radius 1 is 1.10 bits per heavy atom. The molecule has 1 N–H and O–H groups in total. The van der Waals surface area contributed by atoms with Gasteiger partial charge in [-0.05, 0) is 0 Å². The molecule has 9 heteroatoms. The molecule has 0 bridgehead atoms. The van der Waals surface area contributed by atoms with E-state index in [0.717, 1.165) is 21.0 Å². The van der Waals surface area contributed by atoms with Gasteiger partial charge in [0.05, 0.1) is 7.11 Å². The Bertz CT molecular complexity index is 398. The smallest absolute Gasteiger partial charge is 0.337 e. The van der Waals surface area contributed by atoms with Gasteiger partial charge >= 0.3 is 17.9 Å². The fraction of sp³-hybridized carbons (Fsp3) is 0.727. The summed E-state index contributed by atoms with van der Waals surface area (Å²) in [6.45, 7) is 2.28. The average molecular weight is 355 g/mol. The van der Waals surface area contributed by atoms with Crippen LogP contribution in [0.3, 0.4) is 0 Å². The zero-order valence-electron chi connectivity index (χ0n) is 11.1. The lowest BCUT2D eigenvalue weighted by atomic mass is 9.99. The topological polar surface area (TPSA) is 108 Å². The molecular formula is C11H15BrO8. The van der Waals surface area contributed by atoms with E-state index in [2.05, 4.69) is 20.7 Å².